The minimum Gasteiger partial charge on any atom is -0.494 e. The minimum absolute atomic E-state index is 0.0537. The van der Waals surface area contributed by atoms with Crippen molar-refractivity contribution in [3.63, 3.8) is 0 Å². The van der Waals surface area contributed by atoms with Gasteiger partial charge in [0.1, 0.15) is 11.5 Å². The number of hydrogen-bond acceptors (Lipinski definition) is 12. The van der Waals surface area contributed by atoms with E-state index in [0.717, 1.165) is 44.9 Å². The molecule has 2 amide bonds. The van der Waals surface area contributed by atoms with Gasteiger partial charge in [-0.25, -0.2) is 0 Å². The Morgan fingerprint density at radius 3 is 1.90 bits per heavy atom. The molecule has 42 heavy (non-hydrogen) atoms. The molecule has 16 nitrogen and oxygen atoms in total. The molecule has 0 bridgehead atoms. The first kappa shape index (κ1) is 31.6. The Bertz CT molecular complexity index is 1340. The molecule has 1 aliphatic rings. The number of methoxy groups -OCH3 is 1. The number of nitrogens with one attached hydrogen (secondary N) is 3. The number of ether oxygens (including phenoxy) is 2. The number of benzene rings is 2. The molecule has 0 spiro atoms. The van der Waals surface area contributed by atoms with Crippen LogP contribution in [-0.2, 0) is 0 Å². The number of carbonyl (C=O) groups excluding carboxylic acids is 2. The van der Waals surface area contributed by atoms with Crippen LogP contribution in [0.3, 0.4) is 0 Å². The molecule has 1 heterocycles. The van der Waals surface area contributed by atoms with Gasteiger partial charge in [0, 0.05) is 69.1 Å². The number of anilines is 2. The summed E-state index contributed by atoms with van der Waals surface area (Å²) in [5, 5.41) is 32.5. The molecule has 0 radical (unpaired) electrons. The SMILES string of the molecule is COc1cc(C(N)=O)cc([N+](=O)[O-])c1NC/C=C/CNc1c(OCCCN2CCNCC2)cc(C(N)=O)cc1[N+](=O)[O-]. The average Bonchev–Trinajstić information content (AvgIpc) is 2.97. The van der Waals surface area contributed by atoms with Crippen LogP contribution in [0.4, 0.5) is 22.7 Å². The Balaban J connectivity index is 1.69. The normalized spacial score (nSPS) is 13.5. The fourth-order valence-corrected chi connectivity index (χ4v) is 4.30. The van der Waals surface area contributed by atoms with E-state index in [4.69, 9.17) is 20.9 Å². The van der Waals surface area contributed by atoms with Gasteiger partial charge in [0.2, 0.25) is 11.8 Å². The monoisotopic (exact) mass is 586 g/mol. The molecule has 0 atom stereocenters. The Kier molecular flexibility index (Phi) is 11.4. The summed E-state index contributed by atoms with van der Waals surface area (Å²) in [6.07, 6.45) is 3.95. The highest BCUT2D eigenvalue weighted by molar-refractivity contribution is 5.96. The Hall–Kier alpha value is -4.96. The van der Waals surface area contributed by atoms with Crippen LogP contribution in [0, 0.1) is 20.2 Å². The molecule has 2 aromatic rings. The zero-order valence-electron chi connectivity index (χ0n) is 23.1. The number of primary amides is 2. The third kappa shape index (κ3) is 8.52. The van der Waals surface area contributed by atoms with Gasteiger partial charge in [-0.3, -0.25) is 29.8 Å². The van der Waals surface area contributed by atoms with E-state index in [1.807, 2.05) is 0 Å². The van der Waals surface area contributed by atoms with Gasteiger partial charge in [-0.1, -0.05) is 12.2 Å². The lowest BCUT2D eigenvalue weighted by molar-refractivity contribution is -0.384. The molecule has 0 aliphatic carbocycles. The number of nitrogens with zero attached hydrogens (tertiary/aromatic N) is 3. The maximum absolute atomic E-state index is 11.8. The maximum atomic E-state index is 11.8. The van der Waals surface area contributed by atoms with Crippen LogP contribution in [0.1, 0.15) is 27.1 Å². The van der Waals surface area contributed by atoms with E-state index in [1.165, 1.54) is 19.2 Å². The van der Waals surface area contributed by atoms with E-state index in [9.17, 15) is 29.8 Å². The summed E-state index contributed by atoms with van der Waals surface area (Å²) in [5.74, 6) is -1.47. The molecule has 1 aliphatic heterocycles. The second-order valence-corrected chi connectivity index (χ2v) is 9.21. The Morgan fingerprint density at radius 1 is 0.929 bits per heavy atom. The summed E-state index contributed by atoms with van der Waals surface area (Å²) in [6.45, 7) is 4.99. The number of nitrogens with two attached hydrogens (primary N) is 2. The van der Waals surface area contributed by atoms with Gasteiger partial charge in [0.25, 0.3) is 11.4 Å². The predicted octanol–water partition coefficient (Wildman–Crippen LogP) is 1.46. The number of nitro groups is 2. The van der Waals surface area contributed by atoms with Crippen molar-refractivity contribution in [2.45, 2.75) is 6.42 Å². The lowest BCUT2D eigenvalue weighted by atomic mass is 10.1. The largest absolute Gasteiger partial charge is 0.494 e. The van der Waals surface area contributed by atoms with Gasteiger partial charge >= 0.3 is 0 Å². The summed E-state index contributed by atoms with van der Waals surface area (Å²) in [5.41, 5.74) is 9.89. The van der Waals surface area contributed by atoms with E-state index in [1.54, 1.807) is 12.2 Å². The fraction of sp³-hybridized carbons (Fsp3) is 0.385. The van der Waals surface area contributed by atoms with Crippen molar-refractivity contribution in [1.29, 1.82) is 0 Å². The molecule has 2 aromatic carbocycles. The van der Waals surface area contributed by atoms with E-state index in [-0.39, 0.29) is 59.4 Å². The molecule has 3 rings (SSSR count). The number of piperazine rings is 1. The van der Waals surface area contributed by atoms with E-state index in [0.29, 0.717) is 6.42 Å². The maximum Gasteiger partial charge on any atom is 0.296 e. The van der Waals surface area contributed by atoms with Crippen molar-refractivity contribution in [1.82, 2.24) is 10.2 Å². The lowest BCUT2D eigenvalue weighted by Crippen LogP contribution is -2.43. The van der Waals surface area contributed by atoms with Gasteiger partial charge < -0.3 is 41.8 Å². The molecular formula is C26H34N8O8. The van der Waals surface area contributed by atoms with E-state index < -0.39 is 27.3 Å². The summed E-state index contributed by atoms with van der Waals surface area (Å²) in [6, 6.07) is 4.81. The Morgan fingerprint density at radius 2 is 1.43 bits per heavy atom. The fourth-order valence-electron chi connectivity index (χ4n) is 4.30. The summed E-state index contributed by atoms with van der Waals surface area (Å²) >= 11 is 0. The standard InChI is InChI=1S/C26H34N8O8/c1-41-21-15-17(25(27)35)13-19(33(37)38)23(21)30-5-2-3-6-31-24-20(34(39)40)14-18(26(28)36)16-22(24)42-12-4-9-32-10-7-29-8-11-32/h2-3,13-16,29-31H,4-12H2,1H3,(H2,27,35)(H2,28,36)/b3-2+. The molecule has 7 N–H and O–H groups in total. The predicted molar refractivity (Wildman–Crippen MR) is 155 cm³/mol. The first-order valence-corrected chi connectivity index (χ1v) is 13.1. The number of rotatable bonds is 16. The summed E-state index contributed by atoms with van der Waals surface area (Å²) < 4.78 is 11.1. The van der Waals surface area contributed by atoms with Crippen molar-refractivity contribution < 1.29 is 28.9 Å². The number of carbonyl (C=O) groups is 2. The van der Waals surface area contributed by atoms with Crippen LogP contribution in [0.5, 0.6) is 11.5 Å². The molecule has 0 unspecified atom stereocenters. The van der Waals surface area contributed by atoms with Crippen molar-refractivity contribution in [3.8, 4) is 11.5 Å². The summed E-state index contributed by atoms with van der Waals surface area (Å²) in [7, 11) is 1.30. The van der Waals surface area contributed by atoms with Gasteiger partial charge in [-0.05, 0) is 18.6 Å². The number of amides is 2. The van der Waals surface area contributed by atoms with Crippen LogP contribution in [0.2, 0.25) is 0 Å². The first-order chi connectivity index (χ1) is 20.1. The third-order valence-corrected chi connectivity index (χ3v) is 6.39. The van der Waals surface area contributed by atoms with Crippen molar-refractivity contribution in [2.24, 2.45) is 11.5 Å². The first-order valence-electron chi connectivity index (χ1n) is 13.1. The number of hydrogen-bond donors (Lipinski definition) is 5. The van der Waals surface area contributed by atoms with E-state index >= 15 is 0 Å². The van der Waals surface area contributed by atoms with Crippen molar-refractivity contribution >= 4 is 34.6 Å². The average molecular weight is 587 g/mol. The number of nitro benzene ring substituents is 2. The topological polar surface area (TPSA) is 230 Å². The molecule has 1 fully saturated rings. The zero-order valence-corrected chi connectivity index (χ0v) is 23.1. The van der Waals surface area contributed by atoms with E-state index in [2.05, 4.69) is 20.9 Å². The van der Waals surface area contributed by atoms with Crippen molar-refractivity contribution in [2.75, 3.05) is 70.2 Å². The second kappa shape index (κ2) is 15.2. The smallest absolute Gasteiger partial charge is 0.296 e. The highest BCUT2D eigenvalue weighted by Gasteiger charge is 2.23. The van der Waals surface area contributed by atoms with Gasteiger partial charge in [0.15, 0.2) is 11.4 Å². The molecule has 1 saturated heterocycles. The van der Waals surface area contributed by atoms with Gasteiger partial charge in [0.05, 0.1) is 23.6 Å². The zero-order chi connectivity index (χ0) is 30.6. The third-order valence-electron chi connectivity index (χ3n) is 6.39. The quantitative estimate of drug-likeness (QED) is 0.0814. The van der Waals surface area contributed by atoms with Crippen LogP contribution in [0.25, 0.3) is 0 Å². The molecule has 16 heteroatoms. The summed E-state index contributed by atoms with van der Waals surface area (Å²) in [4.78, 5) is 47.7. The molecule has 0 saturated carbocycles. The minimum atomic E-state index is -0.838. The van der Waals surface area contributed by atoms with Crippen LogP contribution < -0.4 is 36.9 Å². The van der Waals surface area contributed by atoms with Crippen molar-refractivity contribution in [3.05, 3.63) is 67.8 Å². The van der Waals surface area contributed by atoms with Gasteiger partial charge in [-0.15, -0.1) is 0 Å². The molecular weight excluding hydrogens is 552 g/mol. The van der Waals surface area contributed by atoms with Crippen LogP contribution in [0.15, 0.2) is 36.4 Å². The Labute approximate surface area is 241 Å². The van der Waals surface area contributed by atoms with Crippen LogP contribution in [-0.4, -0.2) is 86.1 Å². The second-order valence-electron chi connectivity index (χ2n) is 9.21. The van der Waals surface area contributed by atoms with Gasteiger partial charge in [-0.2, -0.15) is 0 Å². The van der Waals surface area contributed by atoms with Crippen LogP contribution >= 0.6 is 0 Å². The molecule has 226 valence electrons. The highest BCUT2D eigenvalue weighted by Crippen LogP contribution is 2.37. The molecule has 0 aromatic heterocycles. The highest BCUT2D eigenvalue weighted by atomic mass is 16.6. The lowest BCUT2D eigenvalue weighted by Gasteiger charge is -2.27.